The minimum atomic E-state index is 0.790. The lowest BCUT2D eigenvalue weighted by atomic mass is 10.1. The molecule has 0 saturated heterocycles. The number of para-hydroxylation sites is 1. The van der Waals surface area contributed by atoms with E-state index < -0.39 is 0 Å². The first-order chi connectivity index (χ1) is 11.8. The minimum absolute atomic E-state index is 0.790. The van der Waals surface area contributed by atoms with Crippen molar-refractivity contribution in [2.75, 3.05) is 7.11 Å². The molecule has 0 aliphatic heterocycles. The molecule has 4 rings (SSSR count). The number of methoxy groups -OCH3 is 1. The third kappa shape index (κ3) is 2.33. The number of ether oxygens (including phenoxy) is 1. The van der Waals surface area contributed by atoms with Crippen LogP contribution in [0.4, 0.5) is 0 Å². The molecule has 2 aromatic heterocycles. The van der Waals surface area contributed by atoms with Crippen LogP contribution in [0.1, 0.15) is 5.69 Å². The molecule has 4 heteroatoms. The van der Waals surface area contributed by atoms with Crippen molar-refractivity contribution >= 4 is 11.0 Å². The van der Waals surface area contributed by atoms with Crippen LogP contribution >= 0.6 is 0 Å². The summed E-state index contributed by atoms with van der Waals surface area (Å²) in [5, 5.41) is 5.62. The Morgan fingerprint density at radius 3 is 2.25 bits per heavy atom. The minimum Gasteiger partial charge on any atom is -0.496 e. The van der Waals surface area contributed by atoms with Crippen LogP contribution in [0.25, 0.3) is 28.0 Å². The van der Waals surface area contributed by atoms with E-state index in [2.05, 4.69) is 5.10 Å². The highest BCUT2D eigenvalue weighted by Crippen LogP contribution is 2.33. The molecule has 0 radical (unpaired) electrons. The summed E-state index contributed by atoms with van der Waals surface area (Å²) in [6.45, 7) is 1.98. The van der Waals surface area contributed by atoms with Gasteiger partial charge >= 0.3 is 0 Å². The molecular weight excluding hydrogens is 298 g/mol. The third-order valence-electron chi connectivity index (χ3n) is 4.07. The second-order valence-corrected chi connectivity index (χ2v) is 5.61. The van der Waals surface area contributed by atoms with Gasteiger partial charge in [0.15, 0.2) is 5.65 Å². The Kier molecular flexibility index (Phi) is 3.50. The zero-order chi connectivity index (χ0) is 16.5. The molecule has 4 aromatic rings. The Morgan fingerprint density at radius 1 is 0.917 bits per heavy atom. The molecule has 0 aliphatic carbocycles. The van der Waals surface area contributed by atoms with E-state index >= 15 is 0 Å². The molecule has 24 heavy (non-hydrogen) atoms. The number of aromatic nitrogens is 3. The smallest absolute Gasteiger partial charge is 0.167 e. The molecule has 0 N–H and O–H groups in total. The van der Waals surface area contributed by atoms with E-state index in [1.807, 2.05) is 78.3 Å². The van der Waals surface area contributed by atoms with Crippen LogP contribution in [-0.4, -0.2) is 21.9 Å². The van der Waals surface area contributed by atoms with Crippen molar-refractivity contribution in [3.63, 3.8) is 0 Å². The van der Waals surface area contributed by atoms with Gasteiger partial charge in [-0.05, 0) is 19.1 Å². The van der Waals surface area contributed by atoms with Gasteiger partial charge < -0.3 is 4.74 Å². The zero-order valence-corrected chi connectivity index (χ0v) is 13.6. The highest BCUT2D eigenvalue weighted by atomic mass is 16.5. The fraction of sp³-hybridized carbons (Fsp3) is 0.100. The first-order valence-corrected chi connectivity index (χ1v) is 7.83. The van der Waals surface area contributed by atoms with Crippen molar-refractivity contribution in [3.8, 4) is 22.7 Å². The van der Waals surface area contributed by atoms with Gasteiger partial charge in [-0.3, -0.25) is 0 Å². The summed E-state index contributed by atoms with van der Waals surface area (Å²) in [4.78, 5) is 4.87. The normalized spacial score (nSPS) is 10.9. The van der Waals surface area contributed by atoms with Gasteiger partial charge in [-0.15, -0.1) is 0 Å². The van der Waals surface area contributed by atoms with E-state index in [1.54, 1.807) is 7.11 Å². The number of rotatable bonds is 3. The van der Waals surface area contributed by atoms with Crippen molar-refractivity contribution in [1.82, 2.24) is 14.8 Å². The SMILES string of the molecule is COc1cc(-c2ccccc2)nc2c1c(C)nn2-c1ccccc1. The maximum atomic E-state index is 5.63. The second-order valence-electron chi connectivity index (χ2n) is 5.61. The van der Waals surface area contributed by atoms with Gasteiger partial charge in [0.05, 0.1) is 29.6 Å². The third-order valence-corrected chi connectivity index (χ3v) is 4.07. The van der Waals surface area contributed by atoms with Crippen molar-refractivity contribution in [3.05, 3.63) is 72.4 Å². The van der Waals surface area contributed by atoms with Crippen LogP contribution in [0.15, 0.2) is 66.7 Å². The molecule has 0 amide bonds. The fourth-order valence-corrected chi connectivity index (χ4v) is 2.92. The Morgan fingerprint density at radius 2 is 1.58 bits per heavy atom. The number of hydrogen-bond acceptors (Lipinski definition) is 3. The van der Waals surface area contributed by atoms with Crippen molar-refractivity contribution in [2.24, 2.45) is 0 Å². The van der Waals surface area contributed by atoms with Gasteiger partial charge in [0.25, 0.3) is 0 Å². The van der Waals surface area contributed by atoms with Gasteiger partial charge in [-0.25, -0.2) is 9.67 Å². The summed E-state index contributed by atoms with van der Waals surface area (Å²) in [6, 6.07) is 22.1. The lowest BCUT2D eigenvalue weighted by molar-refractivity contribution is 0.419. The summed E-state index contributed by atoms with van der Waals surface area (Å²) in [5.74, 6) is 0.790. The van der Waals surface area contributed by atoms with Gasteiger partial charge in [0.2, 0.25) is 0 Å². The van der Waals surface area contributed by atoms with Crippen LogP contribution in [-0.2, 0) is 0 Å². The van der Waals surface area contributed by atoms with E-state index in [-0.39, 0.29) is 0 Å². The first-order valence-electron chi connectivity index (χ1n) is 7.83. The van der Waals surface area contributed by atoms with E-state index in [1.165, 1.54) is 0 Å². The molecule has 2 heterocycles. The standard InChI is InChI=1S/C20H17N3O/c1-14-19-18(24-2)13-17(15-9-5-3-6-10-15)21-20(19)23(22-14)16-11-7-4-8-12-16/h3-13H,1-2H3. The molecule has 2 aromatic carbocycles. The highest BCUT2D eigenvalue weighted by molar-refractivity contribution is 5.89. The summed E-state index contributed by atoms with van der Waals surface area (Å²) in [7, 11) is 1.68. The predicted octanol–water partition coefficient (Wildman–Crippen LogP) is 4.40. The summed E-state index contributed by atoms with van der Waals surface area (Å²) < 4.78 is 7.50. The molecule has 0 atom stereocenters. The summed E-state index contributed by atoms with van der Waals surface area (Å²) >= 11 is 0. The number of nitrogens with zero attached hydrogens (tertiary/aromatic N) is 3. The zero-order valence-electron chi connectivity index (χ0n) is 13.6. The number of pyridine rings is 1. The number of benzene rings is 2. The van der Waals surface area contributed by atoms with Crippen LogP contribution in [0.3, 0.4) is 0 Å². The molecule has 0 saturated carbocycles. The largest absolute Gasteiger partial charge is 0.496 e. The summed E-state index contributed by atoms with van der Waals surface area (Å²) in [6.07, 6.45) is 0. The van der Waals surface area contributed by atoms with E-state index in [0.29, 0.717) is 0 Å². The maximum Gasteiger partial charge on any atom is 0.167 e. The molecule has 118 valence electrons. The van der Waals surface area contributed by atoms with E-state index in [0.717, 1.165) is 39.4 Å². The Bertz CT molecular complexity index is 992. The van der Waals surface area contributed by atoms with Crippen LogP contribution in [0, 0.1) is 6.92 Å². The number of aryl methyl sites for hydroxylation is 1. The average molecular weight is 315 g/mol. The van der Waals surface area contributed by atoms with Gasteiger partial charge in [-0.2, -0.15) is 5.10 Å². The lowest BCUT2D eigenvalue weighted by Gasteiger charge is -2.08. The van der Waals surface area contributed by atoms with Crippen molar-refractivity contribution < 1.29 is 4.74 Å². The van der Waals surface area contributed by atoms with Crippen molar-refractivity contribution in [2.45, 2.75) is 6.92 Å². The van der Waals surface area contributed by atoms with Crippen LogP contribution in [0.2, 0.25) is 0 Å². The fourth-order valence-electron chi connectivity index (χ4n) is 2.92. The second kappa shape index (κ2) is 5.81. The van der Waals surface area contributed by atoms with Gasteiger partial charge in [0.1, 0.15) is 5.75 Å². The molecule has 0 bridgehead atoms. The number of fused-ring (bicyclic) bond motifs is 1. The average Bonchev–Trinajstić information content (AvgIpc) is 2.99. The van der Waals surface area contributed by atoms with Crippen LogP contribution < -0.4 is 4.74 Å². The monoisotopic (exact) mass is 315 g/mol. The molecule has 4 nitrogen and oxygen atoms in total. The Labute approximate surface area is 140 Å². The van der Waals surface area contributed by atoms with E-state index in [4.69, 9.17) is 9.72 Å². The Balaban J connectivity index is 2.03. The number of hydrogen-bond donors (Lipinski definition) is 0. The topological polar surface area (TPSA) is 39.9 Å². The van der Waals surface area contributed by atoms with Gasteiger partial charge in [0, 0.05) is 11.6 Å². The highest BCUT2D eigenvalue weighted by Gasteiger charge is 2.17. The maximum absolute atomic E-state index is 5.63. The molecule has 0 unspecified atom stereocenters. The first kappa shape index (κ1) is 14.5. The lowest BCUT2D eigenvalue weighted by Crippen LogP contribution is -1.98. The predicted molar refractivity (Wildman–Crippen MR) is 95.6 cm³/mol. The quantitative estimate of drug-likeness (QED) is 0.562. The molecule has 0 aliphatic rings. The Hall–Kier alpha value is -3.14. The molecule has 0 spiro atoms. The van der Waals surface area contributed by atoms with Gasteiger partial charge in [-0.1, -0.05) is 48.5 Å². The van der Waals surface area contributed by atoms with E-state index in [9.17, 15) is 0 Å². The molecular formula is C20H17N3O. The van der Waals surface area contributed by atoms with Crippen molar-refractivity contribution in [1.29, 1.82) is 0 Å². The van der Waals surface area contributed by atoms with Crippen LogP contribution in [0.5, 0.6) is 5.75 Å². The summed E-state index contributed by atoms with van der Waals surface area (Å²) in [5.41, 5.74) is 4.61. The molecule has 0 fully saturated rings.